The predicted molar refractivity (Wildman–Crippen MR) is 71.1 cm³/mol. The molecular formula is C13H24N2S. The summed E-state index contributed by atoms with van der Waals surface area (Å²) >= 11 is 2.11. The zero-order chi connectivity index (χ0) is 10.8. The fraction of sp³-hybridized carbons (Fsp3) is 1.00. The molecule has 0 aromatic rings. The van der Waals surface area contributed by atoms with Crippen LogP contribution >= 0.6 is 11.8 Å². The van der Waals surface area contributed by atoms with Crippen LogP contribution in [0.25, 0.3) is 0 Å². The van der Waals surface area contributed by atoms with E-state index in [1.54, 1.807) is 0 Å². The lowest BCUT2D eigenvalue weighted by Gasteiger charge is -2.29. The normalized spacial score (nSPS) is 40.9. The molecule has 1 saturated carbocycles. The van der Waals surface area contributed by atoms with Gasteiger partial charge in [-0.25, -0.2) is 0 Å². The van der Waals surface area contributed by atoms with Crippen molar-refractivity contribution in [2.24, 2.45) is 5.92 Å². The lowest BCUT2D eigenvalue weighted by Crippen LogP contribution is -2.43. The Labute approximate surface area is 104 Å². The molecular weight excluding hydrogens is 216 g/mol. The molecule has 3 unspecified atom stereocenters. The highest BCUT2D eigenvalue weighted by atomic mass is 32.2. The van der Waals surface area contributed by atoms with E-state index >= 15 is 0 Å². The molecule has 3 fully saturated rings. The van der Waals surface area contributed by atoms with Crippen LogP contribution in [0.15, 0.2) is 0 Å². The summed E-state index contributed by atoms with van der Waals surface area (Å²) < 4.78 is 0. The van der Waals surface area contributed by atoms with Crippen LogP contribution in [0.1, 0.15) is 32.1 Å². The first-order valence-corrected chi connectivity index (χ1v) is 8.13. The maximum absolute atomic E-state index is 3.89. The molecule has 1 N–H and O–H groups in total. The summed E-state index contributed by atoms with van der Waals surface area (Å²) in [6, 6.07) is 1.68. The minimum Gasteiger partial charge on any atom is -0.310 e. The van der Waals surface area contributed by atoms with Crippen molar-refractivity contribution in [3.05, 3.63) is 0 Å². The molecule has 1 aliphatic carbocycles. The summed E-state index contributed by atoms with van der Waals surface area (Å²) in [7, 11) is 0. The summed E-state index contributed by atoms with van der Waals surface area (Å²) in [5.41, 5.74) is 0. The summed E-state index contributed by atoms with van der Waals surface area (Å²) in [5.74, 6) is 3.71. The van der Waals surface area contributed by atoms with E-state index in [-0.39, 0.29) is 0 Å². The molecule has 3 heteroatoms. The van der Waals surface area contributed by atoms with Crippen molar-refractivity contribution < 1.29 is 0 Å². The van der Waals surface area contributed by atoms with Gasteiger partial charge in [0.25, 0.3) is 0 Å². The van der Waals surface area contributed by atoms with Gasteiger partial charge in [-0.1, -0.05) is 12.8 Å². The van der Waals surface area contributed by atoms with Crippen LogP contribution in [-0.4, -0.2) is 48.1 Å². The molecule has 16 heavy (non-hydrogen) atoms. The molecule has 2 saturated heterocycles. The quantitative estimate of drug-likeness (QED) is 0.794. The van der Waals surface area contributed by atoms with Crippen LogP contribution in [0, 0.1) is 5.92 Å². The van der Waals surface area contributed by atoms with Crippen molar-refractivity contribution in [3.8, 4) is 0 Å². The van der Waals surface area contributed by atoms with E-state index in [0.29, 0.717) is 0 Å². The van der Waals surface area contributed by atoms with Gasteiger partial charge >= 0.3 is 0 Å². The van der Waals surface area contributed by atoms with Crippen molar-refractivity contribution >= 4 is 11.8 Å². The number of rotatable bonds is 2. The minimum absolute atomic E-state index is 0.802. The number of thioether (sulfide) groups is 1. The first-order chi connectivity index (χ1) is 7.92. The van der Waals surface area contributed by atoms with Crippen LogP contribution in [0.4, 0.5) is 0 Å². The lowest BCUT2D eigenvalue weighted by atomic mass is 9.85. The molecule has 92 valence electrons. The first kappa shape index (κ1) is 11.4. The van der Waals surface area contributed by atoms with E-state index in [9.17, 15) is 0 Å². The largest absolute Gasteiger partial charge is 0.310 e. The minimum atomic E-state index is 0.802. The Morgan fingerprint density at radius 2 is 1.94 bits per heavy atom. The van der Waals surface area contributed by atoms with Crippen molar-refractivity contribution in [3.63, 3.8) is 0 Å². The van der Waals surface area contributed by atoms with E-state index in [2.05, 4.69) is 22.0 Å². The third-order valence-corrected chi connectivity index (χ3v) is 5.47. The molecule has 0 aromatic carbocycles. The van der Waals surface area contributed by atoms with Gasteiger partial charge in [0.2, 0.25) is 0 Å². The van der Waals surface area contributed by atoms with Crippen LogP contribution in [0.3, 0.4) is 0 Å². The highest BCUT2D eigenvalue weighted by molar-refractivity contribution is 7.99. The molecule has 3 aliphatic rings. The molecule has 3 atom stereocenters. The van der Waals surface area contributed by atoms with Gasteiger partial charge in [-0.3, -0.25) is 0 Å². The van der Waals surface area contributed by atoms with E-state index in [0.717, 1.165) is 18.0 Å². The molecule has 0 spiro atoms. The van der Waals surface area contributed by atoms with Gasteiger partial charge in [-0.15, -0.1) is 0 Å². The third kappa shape index (κ3) is 2.57. The predicted octanol–water partition coefficient (Wildman–Crippen LogP) is 1.96. The van der Waals surface area contributed by atoms with Gasteiger partial charge in [0.05, 0.1) is 0 Å². The summed E-state index contributed by atoms with van der Waals surface area (Å²) in [6.45, 7) is 3.95. The standard InChI is InChI=1S/C13H24N2S/c1-2-4-13-11(3-1)9-12(14-13)10-15-5-7-16-8-6-15/h11-14H,1-10H2. The molecule has 2 nitrogen and oxygen atoms in total. The van der Waals surface area contributed by atoms with Crippen LogP contribution in [0.5, 0.6) is 0 Å². The molecule has 0 bridgehead atoms. The SMILES string of the molecule is C1CCC2NC(CN3CCSCC3)CC2C1. The monoisotopic (exact) mass is 240 g/mol. The fourth-order valence-corrected chi connectivity index (χ4v) is 4.65. The van der Waals surface area contributed by atoms with Crippen molar-refractivity contribution in [1.82, 2.24) is 10.2 Å². The average Bonchev–Trinajstić information content (AvgIpc) is 2.72. The number of hydrogen-bond acceptors (Lipinski definition) is 3. The number of hydrogen-bond donors (Lipinski definition) is 1. The molecule has 0 amide bonds. The Bertz CT molecular complexity index is 214. The highest BCUT2D eigenvalue weighted by Gasteiger charge is 2.35. The van der Waals surface area contributed by atoms with E-state index in [1.165, 1.54) is 63.2 Å². The Morgan fingerprint density at radius 1 is 1.12 bits per heavy atom. The maximum atomic E-state index is 3.89. The number of nitrogens with zero attached hydrogens (tertiary/aromatic N) is 1. The Hall–Kier alpha value is 0.270. The second kappa shape index (κ2) is 5.28. The molecule has 2 aliphatic heterocycles. The van der Waals surface area contributed by atoms with E-state index in [1.807, 2.05) is 0 Å². The second-order valence-electron chi connectivity index (χ2n) is 5.66. The van der Waals surface area contributed by atoms with Gasteiger partial charge in [-0.05, 0) is 25.2 Å². The summed E-state index contributed by atoms with van der Waals surface area (Å²) in [4.78, 5) is 2.67. The van der Waals surface area contributed by atoms with E-state index < -0.39 is 0 Å². The molecule has 0 aromatic heterocycles. The van der Waals surface area contributed by atoms with E-state index in [4.69, 9.17) is 0 Å². The third-order valence-electron chi connectivity index (χ3n) is 4.53. The number of nitrogens with one attached hydrogen (secondary N) is 1. The first-order valence-electron chi connectivity index (χ1n) is 6.98. The van der Waals surface area contributed by atoms with Gasteiger partial charge < -0.3 is 10.2 Å². The fourth-order valence-electron chi connectivity index (χ4n) is 3.67. The van der Waals surface area contributed by atoms with Crippen molar-refractivity contribution in [2.75, 3.05) is 31.1 Å². The average molecular weight is 240 g/mol. The smallest absolute Gasteiger partial charge is 0.0200 e. The van der Waals surface area contributed by atoms with Gasteiger partial charge in [0.15, 0.2) is 0 Å². The zero-order valence-corrected chi connectivity index (χ0v) is 11.0. The molecule has 2 heterocycles. The van der Waals surface area contributed by atoms with Crippen LogP contribution in [-0.2, 0) is 0 Å². The summed E-state index contributed by atoms with van der Waals surface area (Å²) in [6.07, 6.45) is 7.33. The molecule has 3 rings (SSSR count). The van der Waals surface area contributed by atoms with Crippen molar-refractivity contribution in [2.45, 2.75) is 44.2 Å². The van der Waals surface area contributed by atoms with Gasteiger partial charge in [0.1, 0.15) is 0 Å². The topological polar surface area (TPSA) is 15.3 Å². The Morgan fingerprint density at radius 3 is 2.75 bits per heavy atom. The Kier molecular flexibility index (Phi) is 3.75. The van der Waals surface area contributed by atoms with Gasteiger partial charge in [-0.2, -0.15) is 11.8 Å². The number of fused-ring (bicyclic) bond motifs is 1. The van der Waals surface area contributed by atoms with Crippen LogP contribution in [0.2, 0.25) is 0 Å². The lowest BCUT2D eigenvalue weighted by molar-refractivity contribution is 0.269. The summed E-state index contributed by atoms with van der Waals surface area (Å²) in [5, 5.41) is 3.89. The van der Waals surface area contributed by atoms with Crippen molar-refractivity contribution in [1.29, 1.82) is 0 Å². The molecule has 0 radical (unpaired) electrons. The second-order valence-corrected chi connectivity index (χ2v) is 6.89. The van der Waals surface area contributed by atoms with Gasteiger partial charge in [0, 0.05) is 43.2 Å². The Balaban J connectivity index is 1.49. The maximum Gasteiger partial charge on any atom is 0.0200 e. The highest BCUT2D eigenvalue weighted by Crippen LogP contribution is 2.33. The zero-order valence-electron chi connectivity index (χ0n) is 10.2. The van der Waals surface area contributed by atoms with Crippen LogP contribution < -0.4 is 5.32 Å².